The van der Waals surface area contributed by atoms with Gasteiger partial charge in [0, 0.05) is 18.3 Å². The fourth-order valence-electron chi connectivity index (χ4n) is 2.70. The molecular formula is C17H26BN3O3. The molecule has 130 valence electrons. The van der Waals surface area contributed by atoms with E-state index in [1.807, 2.05) is 51.4 Å². The van der Waals surface area contributed by atoms with Crippen LogP contribution < -0.4 is 5.46 Å². The summed E-state index contributed by atoms with van der Waals surface area (Å²) in [5.41, 5.74) is 1.81. The Balaban J connectivity index is 1.88. The van der Waals surface area contributed by atoms with Crippen LogP contribution in [0.1, 0.15) is 46.9 Å². The van der Waals surface area contributed by atoms with Crippen molar-refractivity contribution < 1.29 is 14.0 Å². The van der Waals surface area contributed by atoms with Crippen LogP contribution in [0.15, 0.2) is 12.3 Å². The first kappa shape index (κ1) is 17.4. The number of rotatable bonds is 5. The monoisotopic (exact) mass is 331 g/mol. The first-order chi connectivity index (χ1) is 11.2. The van der Waals surface area contributed by atoms with Gasteiger partial charge in [0.1, 0.15) is 18.1 Å². The van der Waals surface area contributed by atoms with Gasteiger partial charge in [-0.25, -0.2) is 9.97 Å². The molecule has 0 N–H and O–H groups in total. The maximum absolute atomic E-state index is 6.09. The maximum atomic E-state index is 6.09. The summed E-state index contributed by atoms with van der Waals surface area (Å²) in [4.78, 5) is 9.19. The topological polar surface area (TPSA) is 58.4 Å². The van der Waals surface area contributed by atoms with E-state index < -0.39 is 7.12 Å². The number of nitrogens with zero attached hydrogens (tertiary/aromatic N) is 3. The average Bonchev–Trinajstić information content (AvgIpc) is 2.92. The molecule has 0 aliphatic carbocycles. The number of fused-ring (bicyclic) bond motifs is 1. The third kappa shape index (κ3) is 2.96. The Hall–Kier alpha value is -1.44. The molecular weight excluding hydrogens is 305 g/mol. The second-order valence-electron chi connectivity index (χ2n) is 7.32. The van der Waals surface area contributed by atoms with E-state index in [-0.39, 0.29) is 11.2 Å². The SMILES string of the molecule is CCCOCn1c(C)nc2cc(B3OC(C)(C)C(C)(C)O3)cnc21. The normalized spacial score (nSPS) is 19.3. The molecule has 0 aromatic carbocycles. The third-order valence-electron chi connectivity index (χ3n) is 4.89. The van der Waals surface area contributed by atoms with E-state index in [9.17, 15) is 0 Å². The summed E-state index contributed by atoms with van der Waals surface area (Å²) < 4.78 is 19.8. The molecule has 1 fully saturated rings. The lowest BCUT2D eigenvalue weighted by atomic mass is 9.80. The first-order valence-electron chi connectivity index (χ1n) is 8.51. The Morgan fingerprint density at radius 1 is 1.21 bits per heavy atom. The van der Waals surface area contributed by atoms with E-state index in [4.69, 9.17) is 14.0 Å². The molecule has 0 amide bonds. The van der Waals surface area contributed by atoms with E-state index >= 15 is 0 Å². The minimum atomic E-state index is -0.423. The van der Waals surface area contributed by atoms with Gasteiger partial charge in [-0.15, -0.1) is 0 Å². The number of pyridine rings is 1. The third-order valence-corrected chi connectivity index (χ3v) is 4.89. The zero-order valence-electron chi connectivity index (χ0n) is 15.4. The number of aryl methyl sites for hydroxylation is 1. The van der Waals surface area contributed by atoms with Gasteiger partial charge in [0.05, 0.1) is 11.2 Å². The number of hydrogen-bond acceptors (Lipinski definition) is 5. The average molecular weight is 331 g/mol. The second-order valence-corrected chi connectivity index (χ2v) is 7.32. The molecule has 0 saturated carbocycles. The van der Waals surface area contributed by atoms with Crippen molar-refractivity contribution in [3.63, 3.8) is 0 Å². The summed E-state index contributed by atoms with van der Waals surface area (Å²) in [5.74, 6) is 0.889. The van der Waals surface area contributed by atoms with Gasteiger partial charge in [-0.2, -0.15) is 0 Å². The van der Waals surface area contributed by atoms with Crippen LogP contribution in [0.25, 0.3) is 11.2 Å². The van der Waals surface area contributed by atoms with E-state index in [0.717, 1.165) is 35.5 Å². The standard InChI is InChI=1S/C17H26BN3O3/c1-7-8-22-11-21-12(2)20-14-9-13(10-19-15(14)21)18-23-16(3,4)17(5,6)24-18/h9-10H,7-8,11H2,1-6H3. The summed E-state index contributed by atoms with van der Waals surface area (Å²) in [7, 11) is -0.423. The highest BCUT2D eigenvalue weighted by atomic mass is 16.7. The molecule has 0 spiro atoms. The van der Waals surface area contributed by atoms with Gasteiger partial charge in [0.2, 0.25) is 0 Å². The minimum Gasteiger partial charge on any atom is -0.399 e. The van der Waals surface area contributed by atoms with Crippen molar-refractivity contribution in [2.24, 2.45) is 0 Å². The van der Waals surface area contributed by atoms with E-state index in [1.165, 1.54) is 0 Å². The molecule has 0 atom stereocenters. The Kier molecular flexibility index (Phi) is 4.44. The lowest BCUT2D eigenvalue weighted by Crippen LogP contribution is -2.41. The van der Waals surface area contributed by atoms with Gasteiger partial charge in [-0.3, -0.25) is 4.57 Å². The van der Waals surface area contributed by atoms with Crippen LogP contribution in [0.4, 0.5) is 0 Å². The van der Waals surface area contributed by atoms with E-state index in [2.05, 4.69) is 16.9 Å². The summed E-state index contributed by atoms with van der Waals surface area (Å²) in [6.07, 6.45) is 2.80. The van der Waals surface area contributed by atoms with Gasteiger partial charge in [-0.05, 0) is 47.1 Å². The molecule has 24 heavy (non-hydrogen) atoms. The molecule has 1 aliphatic rings. The van der Waals surface area contributed by atoms with Crippen molar-refractivity contribution in [2.75, 3.05) is 6.61 Å². The van der Waals surface area contributed by atoms with Crippen LogP contribution in [0, 0.1) is 6.92 Å². The fourth-order valence-corrected chi connectivity index (χ4v) is 2.70. The minimum absolute atomic E-state index is 0.365. The van der Waals surface area contributed by atoms with Crippen molar-refractivity contribution >= 4 is 23.7 Å². The van der Waals surface area contributed by atoms with Crippen LogP contribution in [0.3, 0.4) is 0 Å². The Bertz CT molecular complexity index is 726. The highest BCUT2D eigenvalue weighted by Crippen LogP contribution is 2.36. The van der Waals surface area contributed by atoms with Crippen LogP contribution >= 0.6 is 0 Å². The van der Waals surface area contributed by atoms with Gasteiger partial charge in [0.15, 0.2) is 5.65 Å². The zero-order valence-corrected chi connectivity index (χ0v) is 15.4. The summed E-state index contributed by atoms with van der Waals surface area (Å²) in [6.45, 7) is 13.4. The molecule has 7 heteroatoms. The molecule has 6 nitrogen and oxygen atoms in total. The van der Waals surface area contributed by atoms with Crippen molar-refractivity contribution in [2.45, 2.75) is 65.9 Å². The molecule has 2 aromatic heterocycles. The van der Waals surface area contributed by atoms with E-state index in [0.29, 0.717) is 6.73 Å². The zero-order chi connectivity index (χ0) is 17.5. The van der Waals surface area contributed by atoms with Gasteiger partial charge in [0.25, 0.3) is 0 Å². The number of ether oxygens (including phenoxy) is 1. The predicted molar refractivity (Wildman–Crippen MR) is 94.2 cm³/mol. The van der Waals surface area contributed by atoms with E-state index in [1.54, 1.807) is 0 Å². The molecule has 0 radical (unpaired) electrons. The summed E-state index contributed by atoms with van der Waals surface area (Å²) >= 11 is 0. The largest absolute Gasteiger partial charge is 0.496 e. The molecule has 3 rings (SSSR count). The van der Waals surface area contributed by atoms with Crippen molar-refractivity contribution in [1.29, 1.82) is 0 Å². The lowest BCUT2D eigenvalue weighted by Gasteiger charge is -2.32. The highest BCUT2D eigenvalue weighted by Gasteiger charge is 2.51. The second kappa shape index (κ2) is 6.13. The predicted octanol–water partition coefficient (Wildman–Crippen LogP) is 2.42. The van der Waals surface area contributed by atoms with Gasteiger partial charge in [-0.1, -0.05) is 6.92 Å². The molecule has 0 unspecified atom stereocenters. The smallest absolute Gasteiger partial charge is 0.399 e. The van der Waals surface area contributed by atoms with Crippen molar-refractivity contribution in [1.82, 2.24) is 14.5 Å². The van der Waals surface area contributed by atoms with Gasteiger partial charge >= 0.3 is 7.12 Å². The number of imidazole rings is 1. The number of aromatic nitrogens is 3. The highest BCUT2D eigenvalue weighted by molar-refractivity contribution is 6.62. The molecule has 2 aromatic rings. The fraction of sp³-hybridized carbons (Fsp3) is 0.647. The van der Waals surface area contributed by atoms with Crippen LogP contribution in [0.5, 0.6) is 0 Å². The summed E-state index contributed by atoms with van der Waals surface area (Å²) in [5, 5.41) is 0. The van der Waals surface area contributed by atoms with Crippen molar-refractivity contribution in [3.05, 3.63) is 18.1 Å². The molecule has 3 heterocycles. The molecule has 1 aliphatic heterocycles. The lowest BCUT2D eigenvalue weighted by molar-refractivity contribution is 0.00578. The first-order valence-corrected chi connectivity index (χ1v) is 8.51. The van der Waals surface area contributed by atoms with Crippen molar-refractivity contribution in [3.8, 4) is 0 Å². The van der Waals surface area contributed by atoms with Crippen LogP contribution in [-0.4, -0.2) is 39.5 Å². The Labute approximate surface area is 143 Å². The van der Waals surface area contributed by atoms with Crippen LogP contribution in [-0.2, 0) is 20.8 Å². The Morgan fingerprint density at radius 3 is 2.50 bits per heavy atom. The quantitative estimate of drug-likeness (QED) is 0.622. The Morgan fingerprint density at radius 2 is 1.88 bits per heavy atom. The summed E-state index contributed by atoms with van der Waals surface area (Å²) in [6, 6.07) is 1.99. The molecule has 0 bridgehead atoms. The van der Waals surface area contributed by atoms with Crippen LogP contribution in [0.2, 0.25) is 0 Å². The van der Waals surface area contributed by atoms with Gasteiger partial charge < -0.3 is 14.0 Å². The maximum Gasteiger partial charge on any atom is 0.496 e. The number of hydrogen-bond donors (Lipinski definition) is 0. The molecule has 1 saturated heterocycles.